The molecule has 0 fully saturated rings. The van der Waals surface area contributed by atoms with E-state index in [0.29, 0.717) is 11.4 Å². The number of hydrogen-bond donors (Lipinski definition) is 3. The molecule has 0 atom stereocenters. The summed E-state index contributed by atoms with van der Waals surface area (Å²) < 4.78 is 5.00. The molecule has 1 amide bonds. The van der Waals surface area contributed by atoms with Crippen LogP contribution in [0.25, 0.3) is 0 Å². The minimum Gasteiger partial charge on any atom is -0.497 e. The molecule has 7 nitrogen and oxygen atoms in total. The largest absolute Gasteiger partial charge is 0.497 e. The fourth-order valence-electron chi connectivity index (χ4n) is 1.93. The van der Waals surface area contributed by atoms with Gasteiger partial charge in [-0.2, -0.15) is 0 Å². The molecule has 23 heavy (non-hydrogen) atoms. The van der Waals surface area contributed by atoms with Gasteiger partial charge in [-0.1, -0.05) is 0 Å². The van der Waals surface area contributed by atoms with E-state index in [2.05, 4.69) is 5.32 Å². The molecule has 0 spiro atoms. The molecule has 2 rings (SSSR count). The molecular weight excluding hydrogens is 302 g/mol. The fraction of sp³-hybridized carbons (Fsp3) is 0.0625. The molecule has 2 aromatic rings. The highest BCUT2D eigenvalue weighted by molar-refractivity contribution is 6.11. The zero-order valence-corrected chi connectivity index (χ0v) is 12.1. The van der Waals surface area contributed by atoms with Crippen LogP contribution in [0.15, 0.2) is 42.5 Å². The molecule has 0 unspecified atom stereocenters. The summed E-state index contributed by atoms with van der Waals surface area (Å²) in [7, 11) is 1.51. The number of benzene rings is 2. The lowest BCUT2D eigenvalue weighted by Crippen LogP contribution is -2.17. The number of rotatable bonds is 5. The van der Waals surface area contributed by atoms with Gasteiger partial charge < -0.3 is 20.3 Å². The fourth-order valence-corrected chi connectivity index (χ4v) is 1.93. The standard InChI is InChI=1S/C16H13NO6/c1-23-11-5-3-10(4-6-11)17-14(18)12-7-2-9(15(19)20)8-13(12)16(21)22/h2-8H,1H3,(H,17,18)(H,19,20)(H,21,22). The van der Waals surface area contributed by atoms with Crippen LogP contribution in [0.3, 0.4) is 0 Å². The van der Waals surface area contributed by atoms with Gasteiger partial charge in [0.1, 0.15) is 5.75 Å². The molecular formula is C16H13NO6. The zero-order chi connectivity index (χ0) is 17.0. The van der Waals surface area contributed by atoms with Gasteiger partial charge in [-0.05, 0) is 42.5 Å². The van der Waals surface area contributed by atoms with Crippen molar-refractivity contribution in [1.82, 2.24) is 0 Å². The number of carboxylic acid groups (broad SMARTS) is 2. The maximum absolute atomic E-state index is 12.2. The van der Waals surface area contributed by atoms with E-state index in [1.165, 1.54) is 19.2 Å². The van der Waals surface area contributed by atoms with Crippen molar-refractivity contribution in [2.45, 2.75) is 0 Å². The highest BCUT2D eigenvalue weighted by atomic mass is 16.5. The summed E-state index contributed by atoms with van der Waals surface area (Å²) in [6.07, 6.45) is 0. The maximum Gasteiger partial charge on any atom is 0.336 e. The molecule has 0 bridgehead atoms. The number of carboxylic acids is 2. The van der Waals surface area contributed by atoms with Crippen molar-refractivity contribution < 1.29 is 29.3 Å². The van der Waals surface area contributed by atoms with Gasteiger partial charge in [0.2, 0.25) is 0 Å². The lowest BCUT2D eigenvalue weighted by atomic mass is 10.0. The van der Waals surface area contributed by atoms with Crippen molar-refractivity contribution in [3.05, 3.63) is 59.2 Å². The Kier molecular flexibility index (Phi) is 4.61. The smallest absolute Gasteiger partial charge is 0.336 e. The third-order valence-electron chi connectivity index (χ3n) is 3.09. The predicted molar refractivity (Wildman–Crippen MR) is 81.3 cm³/mol. The number of carbonyl (C=O) groups excluding carboxylic acids is 1. The summed E-state index contributed by atoms with van der Waals surface area (Å²) >= 11 is 0. The van der Waals surface area contributed by atoms with Gasteiger partial charge in [0, 0.05) is 5.69 Å². The normalized spacial score (nSPS) is 9.96. The number of carbonyl (C=O) groups is 3. The average molecular weight is 315 g/mol. The third-order valence-corrected chi connectivity index (χ3v) is 3.09. The van der Waals surface area contributed by atoms with Gasteiger partial charge in [0.25, 0.3) is 5.91 Å². The van der Waals surface area contributed by atoms with Crippen molar-refractivity contribution in [3.8, 4) is 5.75 Å². The van der Waals surface area contributed by atoms with Crippen molar-refractivity contribution in [2.24, 2.45) is 0 Å². The summed E-state index contributed by atoms with van der Waals surface area (Å²) in [5, 5.41) is 20.6. The summed E-state index contributed by atoms with van der Waals surface area (Å²) in [6, 6.07) is 9.78. The molecule has 0 aliphatic heterocycles. The molecule has 0 saturated heterocycles. The Bertz CT molecular complexity index is 767. The average Bonchev–Trinajstić information content (AvgIpc) is 2.54. The number of nitrogens with one attached hydrogen (secondary N) is 1. The summed E-state index contributed by atoms with van der Waals surface area (Å²) in [6.45, 7) is 0. The highest BCUT2D eigenvalue weighted by Gasteiger charge is 2.19. The molecule has 3 N–H and O–H groups in total. The van der Waals surface area contributed by atoms with Crippen LogP contribution in [-0.2, 0) is 0 Å². The molecule has 0 aliphatic rings. The number of amides is 1. The molecule has 2 aromatic carbocycles. The van der Waals surface area contributed by atoms with E-state index in [-0.39, 0.29) is 16.7 Å². The van der Waals surface area contributed by atoms with Crippen LogP contribution in [0, 0.1) is 0 Å². The van der Waals surface area contributed by atoms with Crippen LogP contribution in [0.5, 0.6) is 5.75 Å². The summed E-state index contributed by atoms with van der Waals surface area (Å²) in [5.74, 6) is -2.69. The van der Waals surface area contributed by atoms with E-state index < -0.39 is 17.8 Å². The van der Waals surface area contributed by atoms with E-state index in [0.717, 1.165) is 6.07 Å². The highest BCUT2D eigenvalue weighted by Crippen LogP contribution is 2.18. The van der Waals surface area contributed by atoms with Crippen LogP contribution < -0.4 is 10.1 Å². The zero-order valence-electron chi connectivity index (χ0n) is 12.1. The minimum atomic E-state index is -1.38. The summed E-state index contributed by atoms with van der Waals surface area (Å²) in [4.78, 5) is 34.4. The number of methoxy groups -OCH3 is 1. The molecule has 0 aromatic heterocycles. The van der Waals surface area contributed by atoms with E-state index in [1.807, 2.05) is 0 Å². The Morgan fingerprint density at radius 3 is 2.09 bits per heavy atom. The van der Waals surface area contributed by atoms with E-state index in [9.17, 15) is 14.4 Å². The van der Waals surface area contributed by atoms with Gasteiger partial charge in [-0.15, -0.1) is 0 Å². The van der Waals surface area contributed by atoms with E-state index in [1.54, 1.807) is 24.3 Å². The molecule has 0 aliphatic carbocycles. The topological polar surface area (TPSA) is 113 Å². The number of aromatic carboxylic acids is 2. The molecule has 118 valence electrons. The Labute approximate surface area is 131 Å². The first kappa shape index (κ1) is 16.0. The van der Waals surface area contributed by atoms with Crippen LogP contribution >= 0.6 is 0 Å². The molecule has 0 heterocycles. The van der Waals surface area contributed by atoms with E-state index >= 15 is 0 Å². The molecule has 7 heteroatoms. The quantitative estimate of drug-likeness (QED) is 0.780. The number of anilines is 1. The Morgan fingerprint density at radius 2 is 1.57 bits per heavy atom. The first-order valence-corrected chi connectivity index (χ1v) is 6.48. The van der Waals surface area contributed by atoms with Gasteiger partial charge in [-0.3, -0.25) is 4.79 Å². The van der Waals surface area contributed by atoms with Crippen LogP contribution in [0.2, 0.25) is 0 Å². The van der Waals surface area contributed by atoms with Crippen LogP contribution in [0.4, 0.5) is 5.69 Å². The van der Waals surface area contributed by atoms with Gasteiger partial charge in [-0.25, -0.2) is 9.59 Å². The number of ether oxygens (including phenoxy) is 1. The molecule has 0 radical (unpaired) electrons. The van der Waals surface area contributed by atoms with Crippen LogP contribution in [-0.4, -0.2) is 35.2 Å². The lowest BCUT2D eigenvalue weighted by Gasteiger charge is -2.09. The lowest BCUT2D eigenvalue weighted by molar-refractivity contribution is 0.0692. The van der Waals surface area contributed by atoms with Crippen LogP contribution in [0.1, 0.15) is 31.1 Å². The summed E-state index contributed by atoms with van der Waals surface area (Å²) in [5.41, 5.74) is -0.257. The van der Waals surface area contributed by atoms with Crippen molar-refractivity contribution in [2.75, 3.05) is 12.4 Å². The predicted octanol–water partition coefficient (Wildman–Crippen LogP) is 2.34. The number of hydrogen-bond acceptors (Lipinski definition) is 4. The SMILES string of the molecule is COc1ccc(NC(=O)c2ccc(C(=O)O)cc2C(=O)O)cc1. The van der Waals surface area contributed by atoms with Crippen molar-refractivity contribution in [3.63, 3.8) is 0 Å². The minimum absolute atomic E-state index is 0.127. The van der Waals surface area contributed by atoms with Crippen molar-refractivity contribution in [1.29, 1.82) is 0 Å². The Balaban J connectivity index is 2.30. The second kappa shape index (κ2) is 6.61. The van der Waals surface area contributed by atoms with Crippen molar-refractivity contribution >= 4 is 23.5 Å². The van der Waals surface area contributed by atoms with Gasteiger partial charge in [0.15, 0.2) is 0 Å². The van der Waals surface area contributed by atoms with Gasteiger partial charge >= 0.3 is 11.9 Å². The maximum atomic E-state index is 12.2. The Hall–Kier alpha value is -3.35. The third kappa shape index (κ3) is 3.65. The first-order chi connectivity index (χ1) is 10.9. The first-order valence-electron chi connectivity index (χ1n) is 6.48. The molecule has 0 saturated carbocycles. The second-order valence-electron chi connectivity index (χ2n) is 4.55. The monoisotopic (exact) mass is 315 g/mol. The Morgan fingerprint density at radius 1 is 0.913 bits per heavy atom. The van der Waals surface area contributed by atoms with Gasteiger partial charge in [0.05, 0.1) is 23.8 Å². The second-order valence-corrected chi connectivity index (χ2v) is 4.55. The van der Waals surface area contributed by atoms with E-state index in [4.69, 9.17) is 14.9 Å².